The van der Waals surface area contributed by atoms with Crippen LogP contribution in [0.1, 0.15) is 104 Å². The van der Waals surface area contributed by atoms with Crippen LogP contribution < -0.4 is 20.1 Å². The fourth-order valence-electron chi connectivity index (χ4n) is 13.6. The van der Waals surface area contributed by atoms with Crippen LogP contribution in [0, 0.1) is 56.7 Å². The first-order valence-corrected chi connectivity index (χ1v) is 18.7. The first kappa shape index (κ1) is 32.9. The summed E-state index contributed by atoms with van der Waals surface area (Å²) in [6, 6.07) is 6.87. The highest BCUT2D eigenvalue weighted by atomic mass is 16.7. The van der Waals surface area contributed by atoms with Crippen LogP contribution in [0.5, 0.6) is 11.5 Å². The van der Waals surface area contributed by atoms with Crippen molar-refractivity contribution in [3.05, 3.63) is 35.9 Å². The van der Waals surface area contributed by atoms with E-state index in [0.29, 0.717) is 60.5 Å². The lowest BCUT2D eigenvalue weighted by Crippen LogP contribution is -2.67. The molecule has 256 valence electrons. The van der Waals surface area contributed by atoms with E-state index in [9.17, 15) is 10.2 Å². The van der Waals surface area contributed by atoms with Gasteiger partial charge >= 0.3 is 0 Å². The molecule has 0 spiro atoms. The summed E-state index contributed by atoms with van der Waals surface area (Å²) < 4.78 is 11.2. The van der Waals surface area contributed by atoms with Crippen LogP contribution in [0.25, 0.3) is 0 Å². The van der Waals surface area contributed by atoms with E-state index in [1.54, 1.807) is 0 Å². The molecule has 6 nitrogen and oxygen atoms in total. The van der Waals surface area contributed by atoms with Crippen molar-refractivity contribution < 1.29 is 19.7 Å². The fraction of sp³-hybridized carbons (Fsp3) is 0.800. The van der Waals surface area contributed by atoms with Crippen molar-refractivity contribution in [2.24, 2.45) is 56.7 Å². The number of ether oxygens (including phenoxy) is 2. The number of aliphatic hydroxyl groups is 2. The summed E-state index contributed by atoms with van der Waals surface area (Å²) in [5.41, 5.74) is 3.79. The molecule has 1 unspecified atom stereocenters. The normalized spacial score (nSPS) is 43.7. The Morgan fingerprint density at radius 1 is 0.870 bits per heavy atom. The summed E-state index contributed by atoms with van der Waals surface area (Å²) in [5.74, 6) is 4.81. The molecule has 5 saturated carbocycles. The molecule has 46 heavy (non-hydrogen) atoms. The molecule has 5 fully saturated rings. The van der Waals surface area contributed by atoms with E-state index in [2.05, 4.69) is 70.0 Å². The molecule has 1 aromatic carbocycles. The van der Waals surface area contributed by atoms with E-state index < -0.39 is 0 Å². The third kappa shape index (κ3) is 4.77. The summed E-state index contributed by atoms with van der Waals surface area (Å²) in [5, 5.41) is 27.8. The minimum atomic E-state index is 0.0583. The molecule has 1 heterocycles. The quantitative estimate of drug-likeness (QED) is 0.172. The summed E-state index contributed by atoms with van der Waals surface area (Å²) in [6.07, 6.45) is 12.5. The molecule has 5 aliphatic carbocycles. The van der Waals surface area contributed by atoms with Crippen molar-refractivity contribution in [3.63, 3.8) is 0 Å². The Hall–Kier alpha value is -1.60. The zero-order valence-corrected chi connectivity index (χ0v) is 29.4. The third-order valence-electron chi connectivity index (χ3n) is 16.1. The van der Waals surface area contributed by atoms with E-state index in [1.807, 2.05) is 0 Å². The Morgan fingerprint density at radius 3 is 2.46 bits per heavy atom. The smallest absolute Gasteiger partial charge is 0.231 e. The molecule has 0 radical (unpaired) electrons. The van der Waals surface area contributed by atoms with Crippen LogP contribution in [0.3, 0.4) is 0 Å². The van der Waals surface area contributed by atoms with Gasteiger partial charge in [-0.05, 0) is 139 Å². The molecule has 6 aliphatic rings. The van der Waals surface area contributed by atoms with Crippen LogP contribution in [0.15, 0.2) is 30.4 Å². The van der Waals surface area contributed by atoms with Gasteiger partial charge < -0.3 is 30.3 Å². The summed E-state index contributed by atoms with van der Waals surface area (Å²) in [6.45, 7) is 20.9. The van der Waals surface area contributed by atoms with Gasteiger partial charge in [-0.15, -0.1) is 0 Å². The van der Waals surface area contributed by atoms with Gasteiger partial charge in [0.25, 0.3) is 0 Å². The van der Waals surface area contributed by atoms with E-state index in [1.165, 1.54) is 56.1 Å². The van der Waals surface area contributed by atoms with Gasteiger partial charge in [-0.3, -0.25) is 0 Å². The van der Waals surface area contributed by atoms with Crippen molar-refractivity contribution >= 4 is 0 Å². The minimum absolute atomic E-state index is 0.0583. The van der Waals surface area contributed by atoms with Crippen LogP contribution in [0.2, 0.25) is 0 Å². The van der Waals surface area contributed by atoms with Crippen LogP contribution >= 0.6 is 0 Å². The Bertz CT molecular complexity index is 1310. The van der Waals surface area contributed by atoms with Gasteiger partial charge in [0.15, 0.2) is 11.5 Å². The lowest BCUT2D eigenvalue weighted by molar-refractivity contribution is -0.241. The monoisotopic (exact) mass is 634 g/mol. The number of fused-ring (bicyclic) bond motifs is 8. The molecule has 1 aromatic rings. The van der Waals surface area contributed by atoms with Gasteiger partial charge in [-0.1, -0.05) is 52.8 Å². The molecule has 0 saturated heterocycles. The standard InChI is InChI=1S/C40H62N2O4/c1-26(22-41-19-20-43)28-11-16-40(24-44)18-17-38(5)29(35(28)40)8-10-33-37(4)14-13-34(36(2,3)32(37)12-15-39(33,38)6)42-23-27-7-9-30-31(21-27)46-25-45-30/h7,9,21,28-29,32-35,41-44H,1,8,10-20,22-25H2,2-6H3/t28-,29+,32-,33+,34?,35+,37-,38+,39+,40+/m0/s1. The molecule has 10 atom stereocenters. The second kappa shape index (κ2) is 11.8. The van der Waals surface area contributed by atoms with Crippen LogP contribution in [-0.2, 0) is 6.54 Å². The van der Waals surface area contributed by atoms with Crippen LogP contribution in [0.4, 0.5) is 0 Å². The van der Waals surface area contributed by atoms with E-state index >= 15 is 0 Å². The van der Waals surface area contributed by atoms with Gasteiger partial charge in [0.2, 0.25) is 6.79 Å². The molecule has 0 amide bonds. The largest absolute Gasteiger partial charge is 0.454 e. The Labute approximate surface area is 278 Å². The first-order valence-electron chi connectivity index (χ1n) is 18.7. The highest BCUT2D eigenvalue weighted by molar-refractivity contribution is 5.44. The lowest BCUT2D eigenvalue weighted by atomic mass is 9.32. The number of hydrogen-bond donors (Lipinski definition) is 4. The fourth-order valence-corrected chi connectivity index (χ4v) is 13.6. The van der Waals surface area contributed by atoms with Gasteiger partial charge in [0.05, 0.1) is 6.61 Å². The molecule has 0 bridgehead atoms. The minimum Gasteiger partial charge on any atom is -0.454 e. The topological polar surface area (TPSA) is 83.0 Å². The number of hydrogen-bond acceptors (Lipinski definition) is 6. The Kier molecular flexibility index (Phi) is 8.43. The third-order valence-corrected chi connectivity index (χ3v) is 16.1. The first-order chi connectivity index (χ1) is 21.9. The highest BCUT2D eigenvalue weighted by Gasteiger charge is 2.70. The Morgan fingerprint density at radius 2 is 1.67 bits per heavy atom. The summed E-state index contributed by atoms with van der Waals surface area (Å²) >= 11 is 0. The molecular formula is C40H62N2O4. The summed E-state index contributed by atoms with van der Waals surface area (Å²) in [7, 11) is 0. The number of benzene rings is 1. The van der Waals surface area contributed by atoms with E-state index in [0.717, 1.165) is 49.8 Å². The van der Waals surface area contributed by atoms with Crippen molar-refractivity contribution in [2.75, 3.05) is 33.1 Å². The maximum absolute atomic E-state index is 11.0. The van der Waals surface area contributed by atoms with E-state index in [4.69, 9.17) is 9.47 Å². The number of rotatable bonds is 9. The maximum Gasteiger partial charge on any atom is 0.231 e. The average Bonchev–Trinajstić information content (AvgIpc) is 3.66. The number of nitrogens with one attached hydrogen (secondary N) is 2. The summed E-state index contributed by atoms with van der Waals surface area (Å²) in [4.78, 5) is 0. The molecule has 4 N–H and O–H groups in total. The predicted octanol–water partition coefficient (Wildman–Crippen LogP) is 7.09. The molecular weight excluding hydrogens is 572 g/mol. The lowest BCUT2D eigenvalue weighted by Gasteiger charge is -2.73. The zero-order valence-electron chi connectivity index (χ0n) is 29.4. The van der Waals surface area contributed by atoms with Crippen molar-refractivity contribution in [3.8, 4) is 11.5 Å². The van der Waals surface area contributed by atoms with Crippen molar-refractivity contribution in [2.45, 2.75) is 111 Å². The molecule has 0 aromatic heterocycles. The molecule has 1 aliphatic heterocycles. The van der Waals surface area contributed by atoms with Crippen molar-refractivity contribution in [1.29, 1.82) is 0 Å². The molecule has 6 heteroatoms. The highest BCUT2D eigenvalue weighted by Crippen LogP contribution is 2.77. The second-order valence-corrected chi connectivity index (χ2v) is 17.9. The average molecular weight is 635 g/mol. The number of aliphatic hydroxyl groups excluding tert-OH is 2. The van der Waals surface area contributed by atoms with Gasteiger partial charge in [-0.2, -0.15) is 0 Å². The van der Waals surface area contributed by atoms with Gasteiger partial charge in [0.1, 0.15) is 0 Å². The van der Waals surface area contributed by atoms with Crippen LogP contribution in [-0.4, -0.2) is 49.4 Å². The molecule has 7 rings (SSSR count). The predicted molar refractivity (Wildman–Crippen MR) is 184 cm³/mol. The SMILES string of the molecule is C=C(CNCCO)[C@@H]1CC[C@]2(CO)CC[C@]3(C)[C@H](CC[C@@H]4[C@@]5(C)CCC(NCc6ccc7c(c6)OCO7)C(C)(C)[C@@H]5CC[C@]43C)[C@@H]12. The van der Waals surface area contributed by atoms with Gasteiger partial charge in [0, 0.05) is 32.3 Å². The van der Waals surface area contributed by atoms with E-state index in [-0.39, 0.29) is 22.9 Å². The van der Waals surface area contributed by atoms with Gasteiger partial charge in [-0.25, -0.2) is 0 Å². The zero-order chi connectivity index (χ0) is 32.5. The second-order valence-electron chi connectivity index (χ2n) is 17.9. The van der Waals surface area contributed by atoms with Crippen molar-refractivity contribution in [1.82, 2.24) is 10.6 Å². The maximum atomic E-state index is 11.0. The Balaban J connectivity index is 1.11.